The Morgan fingerprint density at radius 3 is 2.62 bits per heavy atom. The van der Waals surface area contributed by atoms with Crippen molar-refractivity contribution in [2.24, 2.45) is 34.5 Å². The lowest BCUT2D eigenvalue weighted by atomic mass is 9.45. The van der Waals surface area contributed by atoms with Crippen LogP contribution in [0.25, 0.3) is 0 Å². The molecule has 4 fully saturated rings. The second-order valence-electron chi connectivity index (χ2n) is 8.95. The standard InChI is InChI=1S/C19H29BrO/c1-18-9-7-13(20)11-12(18)3-4-14-15-5-6-17(21)19(15,2)10-8-16(14)18/h12-16H,3-11H2,1-2H3/t12?,13-,14-,15-,16-,18-,19-/m0/s1. The summed E-state index contributed by atoms with van der Waals surface area (Å²) in [7, 11) is 0. The van der Waals surface area contributed by atoms with Crippen molar-refractivity contribution in [2.45, 2.75) is 76.5 Å². The van der Waals surface area contributed by atoms with Crippen molar-refractivity contribution in [2.75, 3.05) is 0 Å². The van der Waals surface area contributed by atoms with Crippen molar-refractivity contribution in [1.82, 2.24) is 0 Å². The van der Waals surface area contributed by atoms with Gasteiger partial charge in [0.2, 0.25) is 0 Å². The molecule has 0 aromatic carbocycles. The number of alkyl halides is 1. The van der Waals surface area contributed by atoms with E-state index in [0.717, 1.165) is 29.0 Å². The number of hydrogen-bond acceptors (Lipinski definition) is 1. The van der Waals surface area contributed by atoms with Gasteiger partial charge in [0, 0.05) is 16.7 Å². The summed E-state index contributed by atoms with van der Waals surface area (Å²) in [5, 5.41) is 0. The summed E-state index contributed by atoms with van der Waals surface area (Å²) in [6.45, 7) is 4.90. The van der Waals surface area contributed by atoms with Crippen LogP contribution < -0.4 is 0 Å². The molecule has 0 N–H and O–H groups in total. The summed E-state index contributed by atoms with van der Waals surface area (Å²) in [5.74, 6) is 3.98. The Balaban J connectivity index is 1.64. The Morgan fingerprint density at radius 1 is 1.00 bits per heavy atom. The van der Waals surface area contributed by atoms with E-state index >= 15 is 0 Å². The fraction of sp³-hybridized carbons (Fsp3) is 0.947. The molecular formula is C19H29BrO. The van der Waals surface area contributed by atoms with Crippen molar-refractivity contribution in [3.05, 3.63) is 0 Å². The van der Waals surface area contributed by atoms with Crippen LogP contribution in [-0.4, -0.2) is 10.6 Å². The Kier molecular flexibility index (Phi) is 3.38. The van der Waals surface area contributed by atoms with E-state index in [-0.39, 0.29) is 5.41 Å². The Bertz CT molecular complexity index is 460. The van der Waals surface area contributed by atoms with Crippen molar-refractivity contribution in [3.8, 4) is 0 Å². The Labute approximate surface area is 137 Å². The number of halogens is 1. The minimum atomic E-state index is 0.0526. The molecule has 0 saturated heterocycles. The summed E-state index contributed by atoms with van der Waals surface area (Å²) >= 11 is 3.88. The molecule has 0 aromatic rings. The molecule has 4 aliphatic rings. The summed E-state index contributed by atoms with van der Waals surface area (Å²) in [6, 6.07) is 0. The van der Waals surface area contributed by atoms with Gasteiger partial charge in [-0.3, -0.25) is 4.79 Å². The van der Waals surface area contributed by atoms with Gasteiger partial charge in [0.25, 0.3) is 0 Å². The van der Waals surface area contributed by atoms with Crippen molar-refractivity contribution in [1.29, 1.82) is 0 Å². The number of ketones is 1. The quantitative estimate of drug-likeness (QED) is 0.536. The molecule has 21 heavy (non-hydrogen) atoms. The number of rotatable bonds is 0. The maximum atomic E-state index is 12.4. The minimum absolute atomic E-state index is 0.0526. The van der Waals surface area contributed by atoms with Gasteiger partial charge < -0.3 is 0 Å². The highest BCUT2D eigenvalue weighted by atomic mass is 79.9. The predicted octanol–water partition coefficient (Wildman–Crippen LogP) is 5.36. The van der Waals surface area contributed by atoms with E-state index in [1.54, 1.807) is 0 Å². The van der Waals surface area contributed by atoms with Gasteiger partial charge in [0.15, 0.2) is 0 Å². The lowest BCUT2D eigenvalue weighted by Crippen LogP contribution is -2.53. The molecular weight excluding hydrogens is 324 g/mol. The number of carbonyl (C=O) groups is 1. The topological polar surface area (TPSA) is 17.1 Å². The Morgan fingerprint density at radius 2 is 1.81 bits per heavy atom. The normalized spacial score (nSPS) is 56.5. The van der Waals surface area contributed by atoms with Crippen molar-refractivity contribution in [3.63, 3.8) is 0 Å². The Hall–Kier alpha value is 0.150. The molecule has 2 heteroatoms. The van der Waals surface area contributed by atoms with Gasteiger partial charge in [0.1, 0.15) is 5.78 Å². The molecule has 7 atom stereocenters. The highest BCUT2D eigenvalue weighted by Crippen LogP contribution is 2.65. The van der Waals surface area contributed by atoms with Crippen LogP contribution in [0, 0.1) is 34.5 Å². The van der Waals surface area contributed by atoms with E-state index < -0.39 is 0 Å². The van der Waals surface area contributed by atoms with Gasteiger partial charge in [-0.15, -0.1) is 0 Å². The molecule has 4 aliphatic carbocycles. The fourth-order valence-corrected chi connectivity index (χ4v) is 7.66. The van der Waals surface area contributed by atoms with Crippen LogP contribution in [0.15, 0.2) is 0 Å². The van der Waals surface area contributed by atoms with Gasteiger partial charge in [-0.25, -0.2) is 0 Å². The molecule has 0 bridgehead atoms. The first kappa shape index (κ1) is 14.7. The molecule has 4 rings (SSSR count). The summed E-state index contributed by atoms with van der Waals surface area (Å²) in [5.41, 5.74) is 0.622. The van der Waals surface area contributed by atoms with E-state index in [1.807, 2.05) is 0 Å². The van der Waals surface area contributed by atoms with Crippen LogP contribution in [-0.2, 0) is 4.79 Å². The van der Waals surface area contributed by atoms with Crippen molar-refractivity contribution < 1.29 is 4.79 Å². The molecule has 0 amide bonds. The smallest absolute Gasteiger partial charge is 0.139 e. The largest absolute Gasteiger partial charge is 0.299 e. The van der Waals surface area contributed by atoms with Gasteiger partial charge in [-0.2, -0.15) is 0 Å². The van der Waals surface area contributed by atoms with Gasteiger partial charge in [0.05, 0.1) is 0 Å². The predicted molar refractivity (Wildman–Crippen MR) is 89.4 cm³/mol. The van der Waals surface area contributed by atoms with Crippen LogP contribution in [0.4, 0.5) is 0 Å². The van der Waals surface area contributed by atoms with Gasteiger partial charge >= 0.3 is 0 Å². The second-order valence-corrected chi connectivity index (χ2v) is 10.2. The molecule has 1 nitrogen and oxygen atoms in total. The zero-order valence-corrected chi connectivity index (χ0v) is 15.1. The average Bonchev–Trinajstić information content (AvgIpc) is 2.76. The zero-order chi connectivity index (χ0) is 14.8. The lowest BCUT2D eigenvalue weighted by Gasteiger charge is -2.60. The molecule has 118 valence electrons. The monoisotopic (exact) mass is 352 g/mol. The minimum Gasteiger partial charge on any atom is -0.299 e. The second kappa shape index (κ2) is 4.82. The van der Waals surface area contributed by atoms with E-state index in [1.165, 1.54) is 51.4 Å². The van der Waals surface area contributed by atoms with Gasteiger partial charge in [-0.1, -0.05) is 29.8 Å². The maximum Gasteiger partial charge on any atom is 0.139 e. The summed E-state index contributed by atoms with van der Waals surface area (Å²) in [6.07, 6.45) is 11.5. The van der Waals surface area contributed by atoms with E-state index in [0.29, 0.717) is 17.1 Å². The lowest BCUT2D eigenvalue weighted by molar-refractivity contribution is -0.138. The van der Waals surface area contributed by atoms with E-state index in [4.69, 9.17) is 0 Å². The maximum absolute atomic E-state index is 12.4. The number of carbonyl (C=O) groups excluding carboxylic acids is 1. The fourth-order valence-electron chi connectivity index (χ4n) is 6.98. The van der Waals surface area contributed by atoms with Gasteiger partial charge in [-0.05, 0) is 80.5 Å². The van der Waals surface area contributed by atoms with Crippen molar-refractivity contribution >= 4 is 21.7 Å². The number of hydrogen-bond donors (Lipinski definition) is 0. The average molecular weight is 353 g/mol. The van der Waals surface area contributed by atoms with E-state index in [9.17, 15) is 4.79 Å². The number of Topliss-reactive ketones (excluding diaryl/α,β-unsaturated/α-hetero) is 1. The molecule has 0 spiro atoms. The number of fused-ring (bicyclic) bond motifs is 5. The molecule has 1 unspecified atom stereocenters. The summed E-state index contributed by atoms with van der Waals surface area (Å²) < 4.78 is 0. The third-order valence-corrected chi connectivity index (χ3v) is 9.14. The third-order valence-electron chi connectivity index (χ3n) is 8.31. The molecule has 0 heterocycles. The highest BCUT2D eigenvalue weighted by Gasteiger charge is 2.59. The first-order valence-electron chi connectivity index (χ1n) is 9.12. The first-order valence-corrected chi connectivity index (χ1v) is 10.0. The van der Waals surface area contributed by atoms with E-state index in [2.05, 4.69) is 29.8 Å². The van der Waals surface area contributed by atoms with Crippen LogP contribution >= 0.6 is 15.9 Å². The summed E-state index contributed by atoms with van der Waals surface area (Å²) in [4.78, 5) is 13.2. The molecule has 0 aromatic heterocycles. The molecule has 0 aliphatic heterocycles. The van der Waals surface area contributed by atoms with Crippen LogP contribution in [0.2, 0.25) is 0 Å². The molecule has 0 radical (unpaired) electrons. The third kappa shape index (κ3) is 1.96. The van der Waals surface area contributed by atoms with Crippen LogP contribution in [0.1, 0.15) is 71.6 Å². The SMILES string of the molecule is C[C@]12CC[C@H](Br)CC1CC[C@@H]1[C@@H]2CC[C@]2(C)C(=O)CC[C@@H]12. The first-order chi connectivity index (χ1) is 9.95. The zero-order valence-electron chi connectivity index (χ0n) is 13.5. The highest BCUT2D eigenvalue weighted by molar-refractivity contribution is 9.09. The molecule has 4 saturated carbocycles. The van der Waals surface area contributed by atoms with Crippen LogP contribution in [0.5, 0.6) is 0 Å². The van der Waals surface area contributed by atoms with Crippen LogP contribution in [0.3, 0.4) is 0 Å².